The summed E-state index contributed by atoms with van der Waals surface area (Å²) >= 11 is 1.63. The minimum Gasteiger partial charge on any atom is -0.370 e. The van der Waals surface area contributed by atoms with Crippen molar-refractivity contribution in [3.8, 4) is 0 Å². The Morgan fingerprint density at radius 1 is 1.71 bits per heavy atom. The maximum Gasteiger partial charge on any atom is 0.158 e. The van der Waals surface area contributed by atoms with Crippen molar-refractivity contribution in [3.05, 3.63) is 16.1 Å². The molecule has 0 bridgehead atoms. The third-order valence-corrected chi connectivity index (χ3v) is 3.11. The van der Waals surface area contributed by atoms with Gasteiger partial charge in [-0.15, -0.1) is 11.3 Å². The summed E-state index contributed by atoms with van der Waals surface area (Å²) < 4.78 is 5.36. The van der Waals surface area contributed by atoms with Gasteiger partial charge >= 0.3 is 0 Å². The molecule has 1 aromatic rings. The van der Waals surface area contributed by atoms with Gasteiger partial charge in [-0.3, -0.25) is 4.79 Å². The summed E-state index contributed by atoms with van der Waals surface area (Å²) in [5, 5.41) is 0. The molecule has 0 amide bonds. The molecule has 78 valence electrons. The molecule has 0 aliphatic rings. The molecule has 3 nitrogen and oxygen atoms in total. The first-order valence-corrected chi connectivity index (χ1v) is 5.50. The van der Waals surface area contributed by atoms with Crippen LogP contribution in [0.25, 0.3) is 0 Å². The zero-order valence-electron chi connectivity index (χ0n) is 8.74. The lowest BCUT2D eigenvalue weighted by Crippen LogP contribution is -2.18. The smallest absolute Gasteiger partial charge is 0.158 e. The van der Waals surface area contributed by atoms with Crippen LogP contribution in [-0.4, -0.2) is 23.5 Å². The lowest BCUT2D eigenvalue weighted by Gasteiger charge is -2.08. The highest BCUT2D eigenvalue weighted by Crippen LogP contribution is 2.12. The average Bonchev–Trinajstić information content (AvgIpc) is 2.51. The second-order valence-corrected chi connectivity index (χ2v) is 4.17. The van der Waals surface area contributed by atoms with Crippen LogP contribution in [0.2, 0.25) is 0 Å². The fraction of sp³-hybridized carbons (Fsp3) is 0.600. The van der Waals surface area contributed by atoms with E-state index in [-0.39, 0.29) is 11.9 Å². The summed E-state index contributed by atoms with van der Waals surface area (Å²) in [6, 6.07) is 0. The SMILES string of the molecule is CC(=O)C(C)OCCc1scnc1C. The molecular formula is C10H15NO2S. The molecule has 0 spiro atoms. The van der Waals surface area contributed by atoms with E-state index >= 15 is 0 Å². The highest BCUT2D eigenvalue weighted by Gasteiger charge is 2.08. The largest absolute Gasteiger partial charge is 0.370 e. The van der Waals surface area contributed by atoms with Crippen LogP contribution in [-0.2, 0) is 16.0 Å². The van der Waals surface area contributed by atoms with E-state index in [1.165, 1.54) is 4.88 Å². The molecule has 0 aliphatic carbocycles. The second-order valence-electron chi connectivity index (χ2n) is 3.23. The van der Waals surface area contributed by atoms with Crippen molar-refractivity contribution < 1.29 is 9.53 Å². The fourth-order valence-electron chi connectivity index (χ4n) is 1.01. The highest BCUT2D eigenvalue weighted by atomic mass is 32.1. The van der Waals surface area contributed by atoms with Gasteiger partial charge in [0.1, 0.15) is 6.10 Å². The Labute approximate surface area is 88.1 Å². The lowest BCUT2D eigenvalue weighted by molar-refractivity contribution is -0.127. The summed E-state index contributed by atoms with van der Waals surface area (Å²) in [6.45, 7) is 5.90. The molecular weight excluding hydrogens is 198 g/mol. The lowest BCUT2D eigenvalue weighted by atomic mass is 10.3. The van der Waals surface area contributed by atoms with Crippen molar-refractivity contribution in [3.63, 3.8) is 0 Å². The summed E-state index contributed by atoms with van der Waals surface area (Å²) in [5.41, 5.74) is 2.90. The molecule has 0 saturated carbocycles. The van der Waals surface area contributed by atoms with Crippen molar-refractivity contribution >= 4 is 17.1 Å². The van der Waals surface area contributed by atoms with Gasteiger partial charge in [-0.2, -0.15) is 0 Å². The van der Waals surface area contributed by atoms with E-state index in [1.54, 1.807) is 25.2 Å². The van der Waals surface area contributed by atoms with E-state index in [9.17, 15) is 4.79 Å². The van der Waals surface area contributed by atoms with Crippen molar-refractivity contribution in [1.29, 1.82) is 0 Å². The van der Waals surface area contributed by atoms with Gasteiger partial charge in [0.25, 0.3) is 0 Å². The zero-order chi connectivity index (χ0) is 10.6. The van der Waals surface area contributed by atoms with E-state index in [0.717, 1.165) is 12.1 Å². The summed E-state index contributed by atoms with van der Waals surface area (Å²) in [6.07, 6.45) is 0.553. The van der Waals surface area contributed by atoms with E-state index in [1.807, 2.05) is 12.4 Å². The molecule has 1 aromatic heterocycles. The molecule has 1 atom stereocenters. The number of Topliss-reactive ketones (excluding diaryl/α,β-unsaturated/α-hetero) is 1. The van der Waals surface area contributed by atoms with E-state index < -0.39 is 0 Å². The second kappa shape index (κ2) is 5.22. The van der Waals surface area contributed by atoms with Gasteiger partial charge in [0.05, 0.1) is 17.8 Å². The van der Waals surface area contributed by atoms with E-state index in [0.29, 0.717) is 6.61 Å². The minimum atomic E-state index is -0.289. The van der Waals surface area contributed by atoms with E-state index in [2.05, 4.69) is 4.98 Å². The number of aryl methyl sites for hydroxylation is 1. The monoisotopic (exact) mass is 213 g/mol. The molecule has 0 radical (unpaired) electrons. The van der Waals surface area contributed by atoms with Crippen LogP contribution >= 0.6 is 11.3 Å². The van der Waals surface area contributed by atoms with Crippen LogP contribution in [0.3, 0.4) is 0 Å². The van der Waals surface area contributed by atoms with Crippen LogP contribution in [0, 0.1) is 6.92 Å². The van der Waals surface area contributed by atoms with Crippen molar-refractivity contribution in [2.24, 2.45) is 0 Å². The molecule has 14 heavy (non-hydrogen) atoms. The van der Waals surface area contributed by atoms with Gasteiger partial charge in [0.2, 0.25) is 0 Å². The number of rotatable bonds is 5. The van der Waals surface area contributed by atoms with Crippen LogP contribution in [0.4, 0.5) is 0 Å². The molecule has 0 N–H and O–H groups in total. The van der Waals surface area contributed by atoms with E-state index in [4.69, 9.17) is 4.74 Å². The number of carbonyl (C=O) groups is 1. The Morgan fingerprint density at radius 3 is 2.93 bits per heavy atom. The number of ether oxygens (including phenoxy) is 1. The predicted octanol–water partition coefficient (Wildman–Crippen LogP) is 1.99. The molecule has 0 aromatic carbocycles. The summed E-state index contributed by atoms with van der Waals surface area (Å²) in [5.74, 6) is 0.0750. The Balaban J connectivity index is 2.29. The van der Waals surface area contributed by atoms with Crippen molar-refractivity contribution in [2.75, 3.05) is 6.61 Å². The first-order valence-electron chi connectivity index (χ1n) is 4.62. The standard InChI is InChI=1S/C10H15NO2S/c1-7-10(14-6-11-7)4-5-13-9(3)8(2)12/h6,9H,4-5H2,1-3H3. The van der Waals surface area contributed by atoms with Gasteiger partial charge in [-0.25, -0.2) is 4.98 Å². The first kappa shape index (κ1) is 11.3. The quantitative estimate of drug-likeness (QED) is 0.751. The third kappa shape index (κ3) is 3.20. The number of carbonyl (C=O) groups excluding carboxylic acids is 1. The number of ketones is 1. The van der Waals surface area contributed by atoms with Crippen molar-refractivity contribution in [1.82, 2.24) is 4.98 Å². The minimum absolute atomic E-state index is 0.0750. The van der Waals surface area contributed by atoms with Crippen molar-refractivity contribution in [2.45, 2.75) is 33.3 Å². The molecule has 4 heteroatoms. The number of hydrogen-bond donors (Lipinski definition) is 0. The Kier molecular flexibility index (Phi) is 4.22. The normalized spacial score (nSPS) is 12.8. The van der Waals surface area contributed by atoms with Crippen LogP contribution in [0.5, 0.6) is 0 Å². The van der Waals surface area contributed by atoms with Gasteiger partial charge < -0.3 is 4.74 Å². The topological polar surface area (TPSA) is 39.2 Å². The summed E-state index contributed by atoms with van der Waals surface area (Å²) in [7, 11) is 0. The zero-order valence-corrected chi connectivity index (χ0v) is 9.56. The third-order valence-electron chi connectivity index (χ3n) is 2.11. The predicted molar refractivity (Wildman–Crippen MR) is 56.7 cm³/mol. The van der Waals surface area contributed by atoms with Crippen LogP contribution in [0.1, 0.15) is 24.4 Å². The Hall–Kier alpha value is -0.740. The van der Waals surface area contributed by atoms with Gasteiger partial charge in [0.15, 0.2) is 5.78 Å². The van der Waals surface area contributed by atoms with Crippen LogP contribution < -0.4 is 0 Å². The first-order chi connectivity index (χ1) is 6.61. The van der Waals surface area contributed by atoms with Gasteiger partial charge in [-0.05, 0) is 20.8 Å². The number of thiazole rings is 1. The highest BCUT2D eigenvalue weighted by molar-refractivity contribution is 7.09. The van der Waals surface area contributed by atoms with Crippen LogP contribution in [0.15, 0.2) is 5.51 Å². The molecule has 1 rings (SSSR count). The molecule has 0 saturated heterocycles. The average molecular weight is 213 g/mol. The number of hydrogen-bond acceptors (Lipinski definition) is 4. The van der Waals surface area contributed by atoms with Gasteiger partial charge in [0, 0.05) is 11.3 Å². The molecule has 1 heterocycles. The maximum atomic E-state index is 10.9. The Bertz CT molecular complexity index is 309. The Morgan fingerprint density at radius 2 is 2.43 bits per heavy atom. The summed E-state index contributed by atoms with van der Waals surface area (Å²) in [4.78, 5) is 16.3. The molecule has 0 fully saturated rings. The molecule has 1 unspecified atom stereocenters. The maximum absolute atomic E-state index is 10.9. The number of nitrogens with zero attached hydrogens (tertiary/aromatic N) is 1. The fourth-order valence-corrected chi connectivity index (χ4v) is 1.77. The van der Waals surface area contributed by atoms with Gasteiger partial charge in [-0.1, -0.05) is 0 Å². The molecule has 0 aliphatic heterocycles. The number of aromatic nitrogens is 1.